The molecule has 0 fully saturated rings. The number of nitrogens with zero attached hydrogens (tertiary/aromatic N) is 1. The summed E-state index contributed by atoms with van der Waals surface area (Å²) in [6.45, 7) is 1.87. The molecule has 1 aromatic heterocycles. The highest BCUT2D eigenvalue weighted by Crippen LogP contribution is 2.14. The summed E-state index contributed by atoms with van der Waals surface area (Å²) in [5.74, 6) is -0.728. The van der Waals surface area contributed by atoms with Gasteiger partial charge in [-0.2, -0.15) is 0 Å². The van der Waals surface area contributed by atoms with Crippen molar-refractivity contribution in [1.29, 1.82) is 0 Å². The van der Waals surface area contributed by atoms with Crippen molar-refractivity contribution in [2.75, 3.05) is 0 Å². The second-order valence-corrected chi connectivity index (χ2v) is 4.92. The SMILES string of the molecule is Cc1ccc2oc(=O)n(-c3cccc(Cl)c3)c(=O)c2c1. The van der Waals surface area contributed by atoms with Gasteiger partial charge in [-0.1, -0.05) is 29.3 Å². The highest BCUT2D eigenvalue weighted by Gasteiger charge is 2.11. The fourth-order valence-electron chi connectivity index (χ4n) is 2.08. The lowest BCUT2D eigenvalue weighted by molar-refractivity contribution is 0.504. The minimum atomic E-state index is -0.728. The van der Waals surface area contributed by atoms with Gasteiger partial charge in [-0.15, -0.1) is 0 Å². The van der Waals surface area contributed by atoms with Crippen LogP contribution in [-0.4, -0.2) is 4.57 Å². The maximum absolute atomic E-state index is 12.5. The molecule has 100 valence electrons. The maximum atomic E-state index is 12.5. The molecule has 0 aliphatic heterocycles. The van der Waals surface area contributed by atoms with Crippen molar-refractivity contribution in [1.82, 2.24) is 4.57 Å². The minimum Gasteiger partial charge on any atom is -0.409 e. The van der Waals surface area contributed by atoms with Gasteiger partial charge in [0, 0.05) is 5.02 Å². The Morgan fingerprint density at radius 3 is 2.65 bits per heavy atom. The lowest BCUT2D eigenvalue weighted by Gasteiger charge is -2.06. The van der Waals surface area contributed by atoms with Crippen LogP contribution >= 0.6 is 11.6 Å². The van der Waals surface area contributed by atoms with Crippen molar-refractivity contribution in [3.8, 4) is 5.69 Å². The number of benzene rings is 2. The average Bonchev–Trinajstić information content (AvgIpc) is 2.40. The molecular weight excluding hydrogens is 278 g/mol. The molecule has 0 N–H and O–H groups in total. The Hall–Kier alpha value is -2.33. The van der Waals surface area contributed by atoms with E-state index in [0.29, 0.717) is 16.1 Å². The van der Waals surface area contributed by atoms with Crippen LogP contribution in [0.3, 0.4) is 0 Å². The Labute approximate surface area is 118 Å². The molecule has 20 heavy (non-hydrogen) atoms. The summed E-state index contributed by atoms with van der Waals surface area (Å²) in [6.07, 6.45) is 0. The Morgan fingerprint density at radius 1 is 1.10 bits per heavy atom. The van der Waals surface area contributed by atoms with E-state index in [4.69, 9.17) is 16.0 Å². The van der Waals surface area contributed by atoms with Crippen molar-refractivity contribution in [2.45, 2.75) is 6.92 Å². The zero-order chi connectivity index (χ0) is 14.3. The van der Waals surface area contributed by atoms with E-state index >= 15 is 0 Å². The molecule has 0 spiro atoms. The van der Waals surface area contributed by atoms with Gasteiger partial charge in [0.05, 0.1) is 11.1 Å². The van der Waals surface area contributed by atoms with Crippen LogP contribution < -0.4 is 11.3 Å². The van der Waals surface area contributed by atoms with Crippen molar-refractivity contribution in [2.24, 2.45) is 0 Å². The van der Waals surface area contributed by atoms with Gasteiger partial charge in [-0.25, -0.2) is 9.36 Å². The third kappa shape index (κ3) is 2.04. The molecule has 3 rings (SSSR count). The van der Waals surface area contributed by atoms with E-state index in [2.05, 4.69) is 0 Å². The number of halogens is 1. The van der Waals surface area contributed by atoms with Gasteiger partial charge in [-0.05, 0) is 37.3 Å². The standard InChI is InChI=1S/C15H10ClNO3/c1-9-5-6-13-12(7-9)14(18)17(15(19)20-13)11-4-2-3-10(16)8-11/h2-8H,1H3. The van der Waals surface area contributed by atoms with E-state index in [1.54, 1.807) is 42.5 Å². The highest BCUT2D eigenvalue weighted by atomic mass is 35.5. The van der Waals surface area contributed by atoms with Crippen LogP contribution in [0.2, 0.25) is 5.02 Å². The van der Waals surface area contributed by atoms with E-state index in [9.17, 15) is 9.59 Å². The predicted octanol–water partition coefficient (Wildman–Crippen LogP) is 2.91. The average molecular weight is 288 g/mol. The van der Waals surface area contributed by atoms with Crippen LogP contribution in [0.25, 0.3) is 16.7 Å². The summed E-state index contributed by atoms with van der Waals surface area (Å²) >= 11 is 5.89. The maximum Gasteiger partial charge on any atom is 0.426 e. The molecule has 0 aliphatic carbocycles. The van der Waals surface area contributed by atoms with E-state index in [1.807, 2.05) is 6.92 Å². The zero-order valence-electron chi connectivity index (χ0n) is 10.6. The molecule has 0 saturated carbocycles. The molecule has 0 bridgehead atoms. The van der Waals surface area contributed by atoms with Gasteiger partial charge in [0.25, 0.3) is 5.56 Å². The number of aromatic nitrogens is 1. The molecule has 5 heteroatoms. The molecule has 0 atom stereocenters. The highest BCUT2D eigenvalue weighted by molar-refractivity contribution is 6.30. The summed E-state index contributed by atoms with van der Waals surface area (Å²) in [5, 5.41) is 0.808. The van der Waals surface area contributed by atoms with Gasteiger partial charge >= 0.3 is 5.76 Å². The second kappa shape index (κ2) is 4.65. The quantitative estimate of drug-likeness (QED) is 0.691. The number of rotatable bonds is 1. The third-order valence-corrected chi connectivity index (χ3v) is 3.25. The topological polar surface area (TPSA) is 52.2 Å². The van der Waals surface area contributed by atoms with Crippen molar-refractivity contribution >= 4 is 22.6 Å². The monoisotopic (exact) mass is 287 g/mol. The number of aryl methyl sites for hydroxylation is 1. The third-order valence-electron chi connectivity index (χ3n) is 3.01. The summed E-state index contributed by atoms with van der Waals surface area (Å²) in [6, 6.07) is 11.6. The fourth-order valence-corrected chi connectivity index (χ4v) is 2.27. The lowest BCUT2D eigenvalue weighted by atomic mass is 10.2. The van der Waals surface area contributed by atoms with Crippen molar-refractivity contribution in [3.05, 3.63) is 74.0 Å². The van der Waals surface area contributed by atoms with Crippen molar-refractivity contribution in [3.63, 3.8) is 0 Å². The summed E-state index contributed by atoms with van der Waals surface area (Å²) in [4.78, 5) is 24.5. The van der Waals surface area contributed by atoms with E-state index < -0.39 is 11.3 Å². The number of hydrogen-bond acceptors (Lipinski definition) is 3. The Balaban J connectivity index is 2.42. The normalized spacial score (nSPS) is 10.9. The first-order chi connectivity index (χ1) is 9.56. The van der Waals surface area contributed by atoms with Crippen LogP contribution in [-0.2, 0) is 0 Å². The molecule has 0 aliphatic rings. The molecule has 0 amide bonds. The predicted molar refractivity (Wildman–Crippen MR) is 77.8 cm³/mol. The minimum absolute atomic E-state index is 0.281. The van der Waals surface area contributed by atoms with E-state index in [0.717, 1.165) is 10.1 Å². The molecule has 3 aromatic rings. The Kier molecular flexibility index (Phi) is 2.95. The molecule has 1 heterocycles. The van der Waals surface area contributed by atoms with Crippen LogP contribution in [0.1, 0.15) is 5.56 Å². The smallest absolute Gasteiger partial charge is 0.409 e. The zero-order valence-corrected chi connectivity index (χ0v) is 11.3. The van der Waals surface area contributed by atoms with Gasteiger partial charge in [0.1, 0.15) is 5.58 Å². The molecule has 4 nitrogen and oxygen atoms in total. The van der Waals surface area contributed by atoms with E-state index in [-0.39, 0.29) is 5.58 Å². The lowest BCUT2D eigenvalue weighted by Crippen LogP contribution is -2.30. The van der Waals surface area contributed by atoms with Gasteiger partial charge in [-0.3, -0.25) is 4.79 Å². The first-order valence-corrected chi connectivity index (χ1v) is 6.36. The van der Waals surface area contributed by atoms with Crippen LogP contribution in [0.4, 0.5) is 0 Å². The molecule has 0 unspecified atom stereocenters. The fraction of sp³-hybridized carbons (Fsp3) is 0.0667. The van der Waals surface area contributed by atoms with Crippen LogP contribution in [0.15, 0.2) is 56.5 Å². The van der Waals surface area contributed by atoms with Gasteiger partial charge in [0.15, 0.2) is 0 Å². The summed E-state index contributed by atoms with van der Waals surface area (Å²) < 4.78 is 6.17. The second-order valence-electron chi connectivity index (χ2n) is 4.49. The van der Waals surface area contributed by atoms with Crippen LogP contribution in [0.5, 0.6) is 0 Å². The van der Waals surface area contributed by atoms with E-state index in [1.165, 1.54) is 0 Å². The molecule has 2 aromatic carbocycles. The number of hydrogen-bond donors (Lipinski definition) is 0. The van der Waals surface area contributed by atoms with Gasteiger partial charge < -0.3 is 4.42 Å². The Morgan fingerprint density at radius 2 is 1.90 bits per heavy atom. The summed E-state index contributed by atoms with van der Waals surface area (Å²) in [5.41, 5.74) is 1.17. The molecular formula is C15H10ClNO3. The van der Waals surface area contributed by atoms with Gasteiger partial charge in [0.2, 0.25) is 0 Å². The first-order valence-electron chi connectivity index (χ1n) is 5.99. The van der Waals surface area contributed by atoms with Crippen molar-refractivity contribution < 1.29 is 4.42 Å². The molecule has 0 radical (unpaired) electrons. The molecule has 0 saturated heterocycles. The summed E-state index contributed by atoms with van der Waals surface area (Å²) in [7, 11) is 0. The number of fused-ring (bicyclic) bond motifs is 1. The van der Waals surface area contributed by atoms with Crippen LogP contribution in [0, 0.1) is 6.92 Å². The first kappa shape index (κ1) is 12.7. The Bertz CT molecular complexity index is 924. The largest absolute Gasteiger partial charge is 0.426 e.